The molecule has 0 saturated heterocycles. The van der Waals surface area contributed by atoms with Gasteiger partial charge in [-0.1, -0.05) is 6.92 Å². The van der Waals surface area contributed by atoms with Gasteiger partial charge in [0.2, 0.25) is 0 Å². The highest BCUT2D eigenvalue weighted by Crippen LogP contribution is 2.16. The van der Waals surface area contributed by atoms with Gasteiger partial charge < -0.3 is 15.5 Å². The summed E-state index contributed by atoms with van der Waals surface area (Å²) in [6, 6.07) is 3.97. The van der Waals surface area contributed by atoms with Crippen molar-refractivity contribution in [2.24, 2.45) is 0 Å². The summed E-state index contributed by atoms with van der Waals surface area (Å²) >= 11 is 0. The molecule has 1 aromatic rings. The van der Waals surface area contributed by atoms with Crippen molar-refractivity contribution in [3.63, 3.8) is 0 Å². The third-order valence-electron chi connectivity index (χ3n) is 2.45. The number of nitrogens with one attached hydrogen (secondary N) is 2. The number of methoxy groups -OCH3 is 1. The van der Waals surface area contributed by atoms with E-state index in [9.17, 15) is 9.18 Å². The number of halogens is 1. The summed E-state index contributed by atoms with van der Waals surface area (Å²) in [5.41, 5.74) is 1.26. The van der Waals surface area contributed by atoms with Crippen LogP contribution in [0, 0.1) is 11.2 Å². The minimum atomic E-state index is -0.592. The molecule has 0 bridgehead atoms. The molecule has 0 aliphatic carbocycles. The van der Waals surface area contributed by atoms with Crippen LogP contribution in [0.4, 0.5) is 4.39 Å². The Morgan fingerprint density at radius 2 is 2.11 bits per heavy atom. The number of carbonyl (C=O) groups is 1. The minimum absolute atomic E-state index is 0.145. The van der Waals surface area contributed by atoms with Gasteiger partial charge in [-0.25, -0.2) is 9.18 Å². The molecule has 0 spiro atoms. The van der Waals surface area contributed by atoms with Crippen LogP contribution in [0.1, 0.15) is 29.3 Å². The maximum absolute atomic E-state index is 13.5. The van der Waals surface area contributed by atoms with Crippen molar-refractivity contribution in [2.75, 3.05) is 13.7 Å². The lowest BCUT2D eigenvalue weighted by Gasteiger charge is -2.11. The van der Waals surface area contributed by atoms with E-state index in [1.165, 1.54) is 25.3 Å². The van der Waals surface area contributed by atoms with Crippen LogP contribution in [-0.2, 0) is 4.74 Å². The van der Waals surface area contributed by atoms with Gasteiger partial charge in [0.15, 0.2) is 0 Å². The molecule has 0 saturated carbocycles. The predicted octanol–water partition coefficient (Wildman–Crippen LogP) is 2.60. The molecule has 0 radical (unpaired) electrons. The van der Waals surface area contributed by atoms with E-state index in [1.54, 1.807) is 0 Å². The Bertz CT molecular complexity index is 498. The molecular weight excluding hydrogens is 247 g/mol. The minimum Gasteiger partial charge on any atom is -0.465 e. The largest absolute Gasteiger partial charge is 0.465 e. The van der Waals surface area contributed by atoms with E-state index in [4.69, 9.17) is 5.41 Å². The van der Waals surface area contributed by atoms with Crippen molar-refractivity contribution < 1.29 is 13.9 Å². The molecule has 102 valence electrons. The zero-order valence-corrected chi connectivity index (χ0v) is 11.0. The fourth-order valence-electron chi connectivity index (χ4n) is 1.58. The van der Waals surface area contributed by atoms with Crippen molar-refractivity contribution >= 4 is 17.9 Å². The average Bonchev–Trinajstić information content (AvgIpc) is 2.41. The van der Waals surface area contributed by atoms with Crippen molar-refractivity contribution in [1.82, 2.24) is 5.32 Å². The van der Waals surface area contributed by atoms with E-state index in [-0.39, 0.29) is 5.56 Å². The molecule has 1 rings (SSSR count). The first-order valence-corrected chi connectivity index (χ1v) is 5.96. The van der Waals surface area contributed by atoms with E-state index in [0.717, 1.165) is 18.7 Å². The molecular formula is C14H17FN2O2. The number of hydrogen-bond acceptors (Lipinski definition) is 4. The summed E-state index contributed by atoms with van der Waals surface area (Å²) in [4.78, 5) is 11.4. The molecule has 0 aliphatic rings. The first-order valence-electron chi connectivity index (χ1n) is 5.96. The van der Waals surface area contributed by atoms with Crippen LogP contribution >= 0.6 is 0 Å². The Morgan fingerprint density at radius 1 is 1.42 bits per heavy atom. The zero-order chi connectivity index (χ0) is 14.3. The van der Waals surface area contributed by atoms with Gasteiger partial charge in [-0.2, -0.15) is 0 Å². The average molecular weight is 264 g/mol. The molecule has 0 atom stereocenters. The second-order valence-corrected chi connectivity index (χ2v) is 3.89. The maximum Gasteiger partial charge on any atom is 0.337 e. The summed E-state index contributed by atoms with van der Waals surface area (Å²) in [5.74, 6) is -1.11. The van der Waals surface area contributed by atoms with Gasteiger partial charge in [-0.15, -0.1) is 0 Å². The predicted molar refractivity (Wildman–Crippen MR) is 72.8 cm³/mol. The van der Waals surface area contributed by atoms with E-state index in [0.29, 0.717) is 17.8 Å². The fourth-order valence-corrected chi connectivity index (χ4v) is 1.58. The van der Waals surface area contributed by atoms with Gasteiger partial charge in [-0.3, -0.25) is 0 Å². The summed E-state index contributed by atoms with van der Waals surface area (Å²) in [7, 11) is 1.25. The van der Waals surface area contributed by atoms with Gasteiger partial charge in [0.05, 0.1) is 12.7 Å². The topological polar surface area (TPSA) is 62.2 Å². The lowest BCUT2D eigenvalue weighted by atomic mass is 10.1. The third-order valence-corrected chi connectivity index (χ3v) is 2.45. The second-order valence-electron chi connectivity index (χ2n) is 3.89. The van der Waals surface area contributed by atoms with Crippen molar-refractivity contribution in [2.45, 2.75) is 13.3 Å². The summed E-state index contributed by atoms with van der Waals surface area (Å²) in [6.45, 7) is 2.70. The standard InChI is InChI=1S/C14H17FN2O2/c1-3-6-17-13(4-5-16)10-7-11(14(18)19-2)9-12(15)8-10/h4-5,7-9,16-17H,3,6H2,1-2H3/b13-4-,16-5?. The van der Waals surface area contributed by atoms with E-state index in [2.05, 4.69) is 10.1 Å². The Morgan fingerprint density at radius 3 is 2.68 bits per heavy atom. The van der Waals surface area contributed by atoms with Gasteiger partial charge in [0.25, 0.3) is 0 Å². The number of allylic oxidation sites excluding steroid dienone is 1. The molecule has 5 heteroatoms. The summed E-state index contributed by atoms with van der Waals surface area (Å²) < 4.78 is 18.1. The van der Waals surface area contributed by atoms with Gasteiger partial charge >= 0.3 is 5.97 Å². The highest BCUT2D eigenvalue weighted by Gasteiger charge is 2.11. The Kier molecular flexibility index (Phi) is 5.73. The molecule has 2 N–H and O–H groups in total. The SMILES string of the molecule is CCCN/C(=C\C=N)c1cc(F)cc(C(=O)OC)c1. The van der Waals surface area contributed by atoms with Crippen molar-refractivity contribution in [1.29, 1.82) is 5.41 Å². The number of hydrogen-bond donors (Lipinski definition) is 2. The molecule has 1 aromatic carbocycles. The van der Waals surface area contributed by atoms with Crippen LogP contribution in [0.2, 0.25) is 0 Å². The monoisotopic (exact) mass is 264 g/mol. The van der Waals surface area contributed by atoms with E-state index in [1.807, 2.05) is 6.92 Å². The van der Waals surface area contributed by atoms with Gasteiger partial charge in [0.1, 0.15) is 5.82 Å². The van der Waals surface area contributed by atoms with Crippen molar-refractivity contribution in [3.8, 4) is 0 Å². The first kappa shape index (κ1) is 14.9. The fraction of sp³-hybridized carbons (Fsp3) is 0.286. The lowest BCUT2D eigenvalue weighted by molar-refractivity contribution is 0.0600. The molecule has 19 heavy (non-hydrogen) atoms. The lowest BCUT2D eigenvalue weighted by Crippen LogP contribution is -2.14. The zero-order valence-electron chi connectivity index (χ0n) is 11.0. The van der Waals surface area contributed by atoms with Crippen LogP contribution in [0.15, 0.2) is 24.3 Å². The molecule has 0 unspecified atom stereocenters. The number of ether oxygens (including phenoxy) is 1. The van der Waals surface area contributed by atoms with Gasteiger partial charge in [0, 0.05) is 24.0 Å². The highest BCUT2D eigenvalue weighted by atomic mass is 19.1. The number of carbonyl (C=O) groups excluding carboxylic acids is 1. The van der Waals surface area contributed by atoms with Crippen LogP contribution in [0.3, 0.4) is 0 Å². The second kappa shape index (κ2) is 7.31. The third kappa shape index (κ3) is 4.21. The molecule has 4 nitrogen and oxygen atoms in total. The van der Waals surface area contributed by atoms with E-state index < -0.39 is 11.8 Å². The first-order chi connectivity index (χ1) is 9.12. The van der Waals surface area contributed by atoms with Crippen LogP contribution in [-0.4, -0.2) is 25.8 Å². The van der Waals surface area contributed by atoms with Crippen LogP contribution in [0.5, 0.6) is 0 Å². The van der Waals surface area contributed by atoms with Crippen LogP contribution < -0.4 is 5.32 Å². The Labute approximate surface area is 111 Å². The molecule has 0 aliphatic heterocycles. The summed E-state index contributed by atoms with van der Waals surface area (Å²) in [6.07, 6.45) is 3.53. The normalized spacial score (nSPS) is 11.0. The Hall–Kier alpha value is -2.17. The quantitative estimate of drug-likeness (QED) is 0.613. The summed E-state index contributed by atoms with van der Waals surface area (Å²) in [5, 5.41) is 10.2. The van der Waals surface area contributed by atoms with Gasteiger partial charge in [-0.05, 0) is 30.7 Å². The molecule has 0 amide bonds. The number of rotatable bonds is 6. The maximum atomic E-state index is 13.5. The molecule has 0 fully saturated rings. The number of benzene rings is 1. The molecule has 0 heterocycles. The number of esters is 1. The highest BCUT2D eigenvalue weighted by molar-refractivity contribution is 5.91. The van der Waals surface area contributed by atoms with Crippen molar-refractivity contribution in [3.05, 3.63) is 41.2 Å². The van der Waals surface area contributed by atoms with E-state index >= 15 is 0 Å². The van der Waals surface area contributed by atoms with Crippen LogP contribution in [0.25, 0.3) is 5.70 Å². The molecule has 0 aromatic heterocycles. The Balaban J connectivity index is 3.16. The smallest absolute Gasteiger partial charge is 0.337 e.